The van der Waals surface area contributed by atoms with E-state index in [2.05, 4.69) is 32.2 Å². The first-order chi connectivity index (χ1) is 9.62. The Kier molecular flexibility index (Phi) is 7.85. The molecule has 1 N–H and O–H groups in total. The molecular weight excluding hydrogens is 270 g/mol. The Morgan fingerprint density at radius 3 is 2.45 bits per heavy atom. The van der Waals surface area contributed by atoms with Crippen LogP contribution < -0.4 is 14.8 Å². The van der Waals surface area contributed by atoms with Gasteiger partial charge in [0, 0.05) is 17.4 Å². The number of thioether (sulfide) groups is 1. The lowest BCUT2D eigenvalue weighted by Crippen LogP contribution is -2.24. The van der Waals surface area contributed by atoms with E-state index in [9.17, 15) is 0 Å². The summed E-state index contributed by atoms with van der Waals surface area (Å²) in [5, 5.41) is 3.54. The van der Waals surface area contributed by atoms with E-state index in [0.717, 1.165) is 29.7 Å². The number of methoxy groups -OCH3 is 2. The van der Waals surface area contributed by atoms with E-state index in [1.54, 1.807) is 14.2 Å². The van der Waals surface area contributed by atoms with E-state index in [1.165, 1.54) is 11.3 Å². The summed E-state index contributed by atoms with van der Waals surface area (Å²) < 4.78 is 10.8. The molecule has 0 aliphatic carbocycles. The third-order valence-corrected chi connectivity index (χ3v) is 4.47. The second kappa shape index (κ2) is 9.14. The van der Waals surface area contributed by atoms with Crippen molar-refractivity contribution in [2.45, 2.75) is 26.8 Å². The van der Waals surface area contributed by atoms with Crippen LogP contribution in [0.3, 0.4) is 0 Å². The monoisotopic (exact) mass is 297 g/mol. The molecule has 1 rings (SSSR count). The summed E-state index contributed by atoms with van der Waals surface area (Å²) in [7, 11) is 3.41. The standard InChI is InChI=1S/C16H27NO2S/c1-6-17-15(11-20-10-12(2)3)14-9-13(18-4)7-8-16(14)19-5/h7-9,12,15,17H,6,10-11H2,1-5H3. The molecule has 0 amide bonds. The molecule has 1 aromatic carbocycles. The molecule has 0 aliphatic heterocycles. The third-order valence-electron chi connectivity index (χ3n) is 3.00. The Hall–Kier alpha value is -0.870. The van der Waals surface area contributed by atoms with Gasteiger partial charge in [-0.1, -0.05) is 20.8 Å². The SMILES string of the molecule is CCNC(CSCC(C)C)c1cc(OC)ccc1OC. The molecule has 0 aromatic heterocycles. The van der Waals surface area contributed by atoms with Gasteiger partial charge in [-0.05, 0) is 36.4 Å². The van der Waals surface area contributed by atoms with Crippen LogP contribution in [0.1, 0.15) is 32.4 Å². The summed E-state index contributed by atoms with van der Waals surface area (Å²) in [6.45, 7) is 7.57. The molecule has 1 aromatic rings. The van der Waals surface area contributed by atoms with Crippen molar-refractivity contribution >= 4 is 11.8 Å². The van der Waals surface area contributed by atoms with Gasteiger partial charge in [-0.15, -0.1) is 0 Å². The molecule has 0 bridgehead atoms. The molecule has 0 fully saturated rings. The highest BCUT2D eigenvalue weighted by atomic mass is 32.2. The van der Waals surface area contributed by atoms with Crippen molar-refractivity contribution in [1.29, 1.82) is 0 Å². The summed E-state index contributed by atoms with van der Waals surface area (Å²) in [5.74, 6) is 4.72. The van der Waals surface area contributed by atoms with Crippen LogP contribution >= 0.6 is 11.8 Å². The normalized spacial score (nSPS) is 12.5. The number of ether oxygens (including phenoxy) is 2. The molecule has 114 valence electrons. The molecule has 20 heavy (non-hydrogen) atoms. The van der Waals surface area contributed by atoms with Crippen molar-refractivity contribution in [2.24, 2.45) is 5.92 Å². The van der Waals surface area contributed by atoms with Crippen molar-refractivity contribution in [3.05, 3.63) is 23.8 Å². The molecular formula is C16H27NO2S. The van der Waals surface area contributed by atoms with Crippen LogP contribution in [0, 0.1) is 5.92 Å². The quantitative estimate of drug-likeness (QED) is 0.752. The van der Waals surface area contributed by atoms with E-state index in [1.807, 2.05) is 23.9 Å². The molecule has 0 heterocycles. The Morgan fingerprint density at radius 1 is 1.15 bits per heavy atom. The van der Waals surface area contributed by atoms with Crippen LogP contribution in [0.2, 0.25) is 0 Å². The zero-order chi connectivity index (χ0) is 15.0. The Balaban J connectivity index is 2.88. The van der Waals surface area contributed by atoms with Crippen molar-refractivity contribution in [2.75, 3.05) is 32.3 Å². The molecule has 0 aliphatic rings. The van der Waals surface area contributed by atoms with Gasteiger partial charge >= 0.3 is 0 Å². The summed E-state index contributed by atoms with van der Waals surface area (Å²) >= 11 is 1.98. The summed E-state index contributed by atoms with van der Waals surface area (Å²) in [6, 6.07) is 6.27. The fraction of sp³-hybridized carbons (Fsp3) is 0.625. The first-order valence-corrected chi connectivity index (χ1v) is 8.30. The molecule has 0 radical (unpaired) electrons. The summed E-state index contributed by atoms with van der Waals surface area (Å²) in [5.41, 5.74) is 1.17. The molecule has 0 spiro atoms. The maximum Gasteiger partial charge on any atom is 0.123 e. The maximum absolute atomic E-state index is 5.49. The van der Waals surface area contributed by atoms with E-state index < -0.39 is 0 Å². The topological polar surface area (TPSA) is 30.5 Å². The Morgan fingerprint density at radius 2 is 1.90 bits per heavy atom. The highest BCUT2D eigenvalue weighted by molar-refractivity contribution is 7.99. The number of benzene rings is 1. The van der Waals surface area contributed by atoms with Gasteiger partial charge in [0.15, 0.2) is 0 Å². The van der Waals surface area contributed by atoms with E-state index in [4.69, 9.17) is 9.47 Å². The van der Waals surface area contributed by atoms with Crippen LogP contribution in [0.25, 0.3) is 0 Å². The van der Waals surface area contributed by atoms with Crippen LogP contribution in [0.4, 0.5) is 0 Å². The Labute approximate surface area is 127 Å². The van der Waals surface area contributed by atoms with Gasteiger partial charge in [-0.2, -0.15) is 11.8 Å². The molecule has 1 unspecified atom stereocenters. The fourth-order valence-electron chi connectivity index (χ4n) is 2.04. The van der Waals surface area contributed by atoms with Crippen molar-refractivity contribution in [3.8, 4) is 11.5 Å². The maximum atomic E-state index is 5.49. The van der Waals surface area contributed by atoms with Crippen LogP contribution in [-0.2, 0) is 0 Å². The summed E-state index contributed by atoms with van der Waals surface area (Å²) in [6.07, 6.45) is 0. The lowest BCUT2D eigenvalue weighted by atomic mass is 10.1. The zero-order valence-electron chi connectivity index (χ0n) is 13.2. The van der Waals surface area contributed by atoms with Crippen molar-refractivity contribution < 1.29 is 9.47 Å². The van der Waals surface area contributed by atoms with E-state index in [0.29, 0.717) is 0 Å². The zero-order valence-corrected chi connectivity index (χ0v) is 14.0. The van der Waals surface area contributed by atoms with E-state index in [-0.39, 0.29) is 6.04 Å². The second-order valence-electron chi connectivity index (χ2n) is 5.15. The number of nitrogens with one attached hydrogen (secondary N) is 1. The first-order valence-electron chi connectivity index (χ1n) is 7.15. The lowest BCUT2D eigenvalue weighted by molar-refractivity contribution is 0.393. The third kappa shape index (κ3) is 5.25. The fourth-order valence-corrected chi connectivity index (χ4v) is 3.18. The largest absolute Gasteiger partial charge is 0.497 e. The summed E-state index contributed by atoms with van der Waals surface area (Å²) in [4.78, 5) is 0. The van der Waals surface area contributed by atoms with Crippen molar-refractivity contribution in [1.82, 2.24) is 5.32 Å². The van der Waals surface area contributed by atoms with Gasteiger partial charge in [0.1, 0.15) is 11.5 Å². The highest BCUT2D eigenvalue weighted by Gasteiger charge is 2.16. The van der Waals surface area contributed by atoms with Gasteiger partial charge in [0.2, 0.25) is 0 Å². The van der Waals surface area contributed by atoms with Gasteiger partial charge in [-0.3, -0.25) is 0 Å². The first kappa shape index (κ1) is 17.2. The Bertz CT molecular complexity index is 396. The number of hydrogen-bond donors (Lipinski definition) is 1. The predicted molar refractivity (Wildman–Crippen MR) is 88.1 cm³/mol. The molecule has 3 nitrogen and oxygen atoms in total. The average molecular weight is 297 g/mol. The van der Waals surface area contributed by atoms with E-state index >= 15 is 0 Å². The average Bonchev–Trinajstić information content (AvgIpc) is 2.45. The van der Waals surface area contributed by atoms with Crippen LogP contribution in [-0.4, -0.2) is 32.3 Å². The lowest BCUT2D eigenvalue weighted by Gasteiger charge is -2.21. The van der Waals surface area contributed by atoms with Gasteiger partial charge in [0.05, 0.1) is 14.2 Å². The van der Waals surface area contributed by atoms with Gasteiger partial charge < -0.3 is 14.8 Å². The predicted octanol–water partition coefficient (Wildman–Crippen LogP) is 3.74. The molecule has 1 atom stereocenters. The van der Waals surface area contributed by atoms with Crippen molar-refractivity contribution in [3.63, 3.8) is 0 Å². The molecule has 4 heteroatoms. The minimum atomic E-state index is 0.286. The molecule has 0 saturated heterocycles. The minimum absolute atomic E-state index is 0.286. The molecule has 0 saturated carbocycles. The second-order valence-corrected chi connectivity index (χ2v) is 6.22. The van der Waals surface area contributed by atoms with Crippen LogP contribution in [0.5, 0.6) is 11.5 Å². The highest BCUT2D eigenvalue weighted by Crippen LogP contribution is 2.31. The number of rotatable bonds is 9. The van der Waals surface area contributed by atoms with Crippen LogP contribution in [0.15, 0.2) is 18.2 Å². The minimum Gasteiger partial charge on any atom is -0.497 e. The smallest absolute Gasteiger partial charge is 0.123 e. The van der Waals surface area contributed by atoms with Gasteiger partial charge in [-0.25, -0.2) is 0 Å². The van der Waals surface area contributed by atoms with Gasteiger partial charge in [0.25, 0.3) is 0 Å². The number of hydrogen-bond acceptors (Lipinski definition) is 4.